The van der Waals surface area contributed by atoms with Crippen LogP contribution in [-0.2, 0) is 0 Å². The predicted molar refractivity (Wildman–Crippen MR) is 116 cm³/mol. The fraction of sp³-hybridized carbons (Fsp3) is 0.292. The minimum Gasteiger partial charge on any atom is -0.347 e. The summed E-state index contributed by atoms with van der Waals surface area (Å²) in [5.41, 5.74) is 6.20. The largest absolute Gasteiger partial charge is 0.347 e. The molecule has 0 N–H and O–H groups in total. The van der Waals surface area contributed by atoms with E-state index in [0.29, 0.717) is 11.6 Å². The van der Waals surface area contributed by atoms with Crippen molar-refractivity contribution in [3.63, 3.8) is 0 Å². The number of nitrogens with zero attached hydrogens (tertiary/aromatic N) is 5. The lowest BCUT2D eigenvalue weighted by Gasteiger charge is -2.33. The van der Waals surface area contributed by atoms with Gasteiger partial charge in [-0.1, -0.05) is 17.1 Å². The van der Waals surface area contributed by atoms with Crippen LogP contribution in [0.5, 0.6) is 0 Å². The number of aromatic nitrogens is 2. The number of para-hydroxylation sites is 2. The lowest BCUT2D eigenvalue weighted by atomic mass is 10.1. The van der Waals surface area contributed by atoms with Crippen LogP contribution < -0.4 is 14.4 Å². The number of anilines is 3. The van der Waals surface area contributed by atoms with Gasteiger partial charge in [0, 0.05) is 30.7 Å². The summed E-state index contributed by atoms with van der Waals surface area (Å²) >= 11 is 0. The molecular formula is C24H26N5+. The number of fused-ring (bicyclic) bond motifs is 1. The molecule has 4 rings (SSSR count). The zero-order valence-corrected chi connectivity index (χ0v) is 17.6. The SMILES string of the molecule is Cc1c(N2c3ccccc3N(C(C)C)[C@H]2C)cc(C#N)cc1-[n+]1cccnc1C. The highest BCUT2D eigenvalue weighted by Gasteiger charge is 2.36. The van der Waals surface area contributed by atoms with E-state index in [1.54, 1.807) is 6.20 Å². The molecule has 0 spiro atoms. The summed E-state index contributed by atoms with van der Waals surface area (Å²) in [6, 6.07) is 17.1. The zero-order valence-electron chi connectivity index (χ0n) is 17.6. The molecule has 0 aliphatic carbocycles. The van der Waals surface area contributed by atoms with Crippen LogP contribution in [0.2, 0.25) is 0 Å². The standard InChI is InChI=1S/C24H26N5/c1-16(2)28-19(5)29(22-10-7-6-9-21(22)28)24-14-20(15-25)13-23(17(24)3)27-12-8-11-26-18(27)4/h6-14,16,19H,1-5H3/q+1/t19-/m1/s1. The highest BCUT2D eigenvalue weighted by molar-refractivity contribution is 5.85. The third-order valence-electron chi connectivity index (χ3n) is 5.68. The molecule has 5 heteroatoms. The molecule has 5 nitrogen and oxygen atoms in total. The van der Waals surface area contributed by atoms with Gasteiger partial charge >= 0.3 is 0 Å². The molecule has 1 aliphatic rings. The van der Waals surface area contributed by atoms with Gasteiger partial charge in [-0.15, -0.1) is 0 Å². The third-order valence-corrected chi connectivity index (χ3v) is 5.68. The van der Waals surface area contributed by atoms with Crippen LogP contribution in [0.4, 0.5) is 17.1 Å². The first-order valence-corrected chi connectivity index (χ1v) is 9.99. The Hall–Kier alpha value is -3.39. The van der Waals surface area contributed by atoms with Crippen LogP contribution in [0.15, 0.2) is 54.9 Å². The molecule has 2 aromatic carbocycles. The lowest BCUT2D eigenvalue weighted by Crippen LogP contribution is -2.43. The fourth-order valence-corrected chi connectivity index (χ4v) is 4.40. The maximum absolute atomic E-state index is 9.73. The molecule has 0 radical (unpaired) electrons. The van der Waals surface area contributed by atoms with Crippen LogP contribution in [0.25, 0.3) is 5.69 Å². The first kappa shape index (κ1) is 18.9. The second-order valence-electron chi connectivity index (χ2n) is 7.78. The Morgan fingerprint density at radius 2 is 1.79 bits per heavy atom. The number of benzene rings is 2. The van der Waals surface area contributed by atoms with Crippen molar-refractivity contribution in [1.29, 1.82) is 5.26 Å². The highest BCUT2D eigenvalue weighted by Crippen LogP contribution is 2.46. The summed E-state index contributed by atoms with van der Waals surface area (Å²) < 4.78 is 2.05. The van der Waals surface area contributed by atoms with Crippen molar-refractivity contribution in [2.45, 2.75) is 46.8 Å². The van der Waals surface area contributed by atoms with Crippen LogP contribution in [0.3, 0.4) is 0 Å². The maximum atomic E-state index is 9.73. The molecular weight excluding hydrogens is 358 g/mol. The van der Waals surface area contributed by atoms with Gasteiger partial charge in [0.1, 0.15) is 24.2 Å². The molecule has 146 valence electrons. The molecule has 0 unspecified atom stereocenters. The van der Waals surface area contributed by atoms with Crippen molar-refractivity contribution in [2.75, 3.05) is 9.80 Å². The van der Waals surface area contributed by atoms with Crippen molar-refractivity contribution in [1.82, 2.24) is 4.98 Å². The molecule has 0 saturated carbocycles. The summed E-state index contributed by atoms with van der Waals surface area (Å²) in [6.07, 6.45) is 3.93. The fourth-order valence-electron chi connectivity index (χ4n) is 4.40. The molecule has 29 heavy (non-hydrogen) atoms. The summed E-state index contributed by atoms with van der Waals surface area (Å²) in [6.45, 7) is 10.8. The average molecular weight is 385 g/mol. The van der Waals surface area contributed by atoms with E-state index in [4.69, 9.17) is 0 Å². The number of hydrogen-bond acceptors (Lipinski definition) is 4. The molecule has 1 atom stereocenters. The van der Waals surface area contributed by atoms with Crippen molar-refractivity contribution in [2.24, 2.45) is 0 Å². The number of hydrogen-bond donors (Lipinski definition) is 0. The van der Waals surface area contributed by atoms with Gasteiger partial charge in [-0.2, -0.15) is 5.26 Å². The Bertz CT molecular complexity index is 1110. The van der Waals surface area contributed by atoms with Gasteiger partial charge in [0.2, 0.25) is 0 Å². The second kappa shape index (κ2) is 7.21. The number of nitriles is 1. The second-order valence-corrected chi connectivity index (χ2v) is 7.78. The number of aryl methyl sites for hydroxylation is 1. The van der Waals surface area contributed by atoms with E-state index in [2.05, 4.69) is 72.8 Å². The average Bonchev–Trinajstić information content (AvgIpc) is 3.01. The van der Waals surface area contributed by atoms with Gasteiger partial charge in [-0.05, 0) is 45.9 Å². The maximum Gasteiger partial charge on any atom is 0.300 e. The molecule has 0 saturated heterocycles. The van der Waals surface area contributed by atoms with Gasteiger partial charge in [-0.3, -0.25) is 0 Å². The van der Waals surface area contributed by atoms with E-state index in [1.807, 2.05) is 35.9 Å². The summed E-state index contributed by atoms with van der Waals surface area (Å²) in [4.78, 5) is 9.20. The Morgan fingerprint density at radius 1 is 1.07 bits per heavy atom. The minimum atomic E-state index is 0.146. The normalized spacial score (nSPS) is 15.6. The van der Waals surface area contributed by atoms with Gasteiger partial charge in [-0.25, -0.2) is 4.57 Å². The molecule has 1 aromatic heterocycles. The zero-order chi connectivity index (χ0) is 20.7. The molecule has 3 aromatic rings. The molecule has 0 amide bonds. The van der Waals surface area contributed by atoms with Crippen LogP contribution in [0, 0.1) is 25.2 Å². The molecule has 0 fully saturated rings. The predicted octanol–water partition coefficient (Wildman–Crippen LogP) is 4.56. The monoisotopic (exact) mass is 384 g/mol. The Morgan fingerprint density at radius 3 is 2.45 bits per heavy atom. The van der Waals surface area contributed by atoms with E-state index in [0.717, 1.165) is 22.8 Å². The topological polar surface area (TPSA) is 47.0 Å². The summed E-state index contributed by atoms with van der Waals surface area (Å²) in [5, 5.41) is 9.73. The quantitative estimate of drug-likeness (QED) is 0.621. The summed E-state index contributed by atoms with van der Waals surface area (Å²) in [7, 11) is 0. The molecule has 0 bridgehead atoms. The Kier molecular flexibility index (Phi) is 4.71. The van der Waals surface area contributed by atoms with Crippen molar-refractivity contribution in [3.05, 3.63) is 71.8 Å². The van der Waals surface area contributed by atoms with Crippen molar-refractivity contribution >= 4 is 17.1 Å². The Balaban J connectivity index is 1.96. The van der Waals surface area contributed by atoms with Crippen LogP contribution in [-0.4, -0.2) is 17.2 Å². The van der Waals surface area contributed by atoms with Crippen molar-refractivity contribution < 1.29 is 4.57 Å². The summed E-state index contributed by atoms with van der Waals surface area (Å²) in [5.74, 6) is 0.885. The first-order valence-electron chi connectivity index (χ1n) is 9.99. The first-order chi connectivity index (χ1) is 13.9. The van der Waals surface area contributed by atoms with Gasteiger partial charge in [0.15, 0.2) is 0 Å². The molecule has 1 aliphatic heterocycles. The highest BCUT2D eigenvalue weighted by atomic mass is 15.4. The van der Waals surface area contributed by atoms with E-state index < -0.39 is 0 Å². The smallest absolute Gasteiger partial charge is 0.300 e. The number of rotatable bonds is 3. The molecule has 2 heterocycles. The van der Waals surface area contributed by atoms with Crippen molar-refractivity contribution in [3.8, 4) is 11.8 Å². The van der Waals surface area contributed by atoms with Gasteiger partial charge in [0.25, 0.3) is 5.82 Å². The van der Waals surface area contributed by atoms with Crippen LogP contribution >= 0.6 is 0 Å². The van der Waals surface area contributed by atoms with E-state index in [1.165, 1.54) is 11.4 Å². The van der Waals surface area contributed by atoms with E-state index in [-0.39, 0.29) is 6.17 Å². The van der Waals surface area contributed by atoms with Crippen LogP contribution in [0.1, 0.15) is 37.7 Å². The van der Waals surface area contributed by atoms with E-state index in [9.17, 15) is 5.26 Å². The minimum absolute atomic E-state index is 0.146. The lowest BCUT2D eigenvalue weighted by molar-refractivity contribution is -0.606. The Labute approximate surface area is 172 Å². The van der Waals surface area contributed by atoms with Gasteiger partial charge in [0.05, 0.1) is 28.7 Å². The van der Waals surface area contributed by atoms with E-state index >= 15 is 0 Å². The third kappa shape index (κ3) is 3.01. The van der Waals surface area contributed by atoms with Gasteiger partial charge < -0.3 is 9.80 Å².